The summed E-state index contributed by atoms with van der Waals surface area (Å²) in [5.74, 6) is -0.593. The highest BCUT2D eigenvalue weighted by atomic mass is 35.5. The fourth-order valence-electron chi connectivity index (χ4n) is 2.89. The Morgan fingerprint density at radius 3 is 2.43 bits per heavy atom. The number of halogens is 1. The number of fused-ring (bicyclic) bond motifs is 1. The number of hydrogen-bond donors (Lipinski definition) is 1. The SMILES string of the molecule is CCN(CC)C(=O)c1ccc(NC(=O)COC(=O)c2cc(Cl)c3c(c2)OCO3)cc1. The molecule has 9 heteroatoms. The van der Waals surface area contributed by atoms with Crippen LogP contribution < -0.4 is 14.8 Å². The summed E-state index contributed by atoms with van der Waals surface area (Å²) in [6.45, 7) is 4.60. The molecule has 0 atom stereocenters. The van der Waals surface area contributed by atoms with E-state index in [9.17, 15) is 14.4 Å². The number of ether oxygens (including phenoxy) is 3. The number of hydrogen-bond acceptors (Lipinski definition) is 6. The van der Waals surface area contributed by atoms with Crippen LogP contribution in [0.5, 0.6) is 11.5 Å². The summed E-state index contributed by atoms with van der Waals surface area (Å²) < 4.78 is 15.4. The Kier molecular flexibility index (Phi) is 6.79. The fraction of sp³-hybridized carbons (Fsp3) is 0.286. The highest BCUT2D eigenvalue weighted by Gasteiger charge is 2.22. The van der Waals surface area contributed by atoms with Crippen molar-refractivity contribution < 1.29 is 28.6 Å². The summed E-state index contributed by atoms with van der Waals surface area (Å²) in [5, 5.41) is 2.84. The number of rotatable bonds is 7. The molecule has 0 saturated carbocycles. The van der Waals surface area contributed by atoms with Crippen molar-refractivity contribution in [1.29, 1.82) is 0 Å². The fourth-order valence-corrected chi connectivity index (χ4v) is 3.15. The van der Waals surface area contributed by atoms with Crippen LogP contribution in [0.15, 0.2) is 36.4 Å². The van der Waals surface area contributed by atoms with E-state index in [2.05, 4.69) is 5.32 Å². The van der Waals surface area contributed by atoms with Gasteiger partial charge in [-0.15, -0.1) is 0 Å². The third-order valence-corrected chi connectivity index (χ3v) is 4.74. The summed E-state index contributed by atoms with van der Waals surface area (Å²) >= 11 is 6.04. The molecule has 1 heterocycles. The number of anilines is 1. The zero-order valence-corrected chi connectivity index (χ0v) is 17.3. The molecule has 1 aliphatic heterocycles. The normalized spacial score (nSPS) is 11.7. The van der Waals surface area contributed by atoms with Crippen LogP contribution in [0.4, 0.5) is 5.69 Å². The van der Waals surface area contributed by atoms with Gasteiger partial charge in [0.25, 0.3) is 11.8 Å². The Labute approximate surface area is 178 Å². The Morgan fingerprint density at radius 2 is 1.77 bits per heavy atom. The molecule has 0 aromatic heterocycles. The molecule has 2 amide bonds. The van der Waals surface area contributed by atoms with Gasteiger partial charge in [0.05, 0.1) is 10.6 Å². The van der Waals surface area contributed by atoms with Gasteiger partial charge in [-0.2, -0.15) is 0 Å². The first-order chi connectivity index (χ1) is 14.4. The van der Waals surface area contributed by atoms with Crippen LogP contribution in [0.1, 0.15) is 34.6 Å². The first kappa shape index (κ1) is 21.4. The number of nitrogens with one attached hydrogen (secondary N) is 1. The van der Waals surface area contributed by atoms with Gasteiger partial charge in [0, 0.05) is 24.3 Å². The van der Waals surface area contributed by atoms with Crippen LogP contribution in [0.25, 0.3) is 0 Å². The van der Waals surface area contributed by atoms with E-state index in [0.29, 0.717) is 35.8 Å². The van der Waals surface area contributed by atoms with Crippen molar-refractivity contribution in [3.63, 3.8) is 0 Å². The van der Waals surface area contributed by atoms with Gasteiger partial charge < -0.3 is 24.4 Å². The molecule has 30 heavy (non-hydrogen) atoms. The van der Waals surface area contributed by atoms with Gasteiger partial charge in [0.15, 0.2) is 18.1 Å². The smallest absolute Gasteiger partial charge is 0.338 e. The third kappa shape index (κ3) is 4.83. The Balaban J connectivity index is 1.54. The van der Waals surface area contributed by atoms with E-state index in [1.54, 1.807) is 29.2 Å². The first-order valence-electron chi connectivity index (χ1n) is 9.38. The van der Waals surface area contributed by atoms with Gasteiger partial charge in [0.1, 0.15) is 0 Å². The molecular weight excluding hydrogens is 412 g/mol. The summed E-state index contributed by atoms with van der Waals surface area (Å²) in [6, 6.07) is 9.34. The zero-order valence-electron chi connectivity index (χ0n) is 16.6. The first-order valence-corrected chi connectivity index (χ1v) is 9.76. The predicted molar refractivity (Wildman–Crippen MR) is 110 cm³/mol. The van der Waals surface area contributed by atoms with Crippen molar-refractivity contribution >= 4 is 35.1 Å². The lowest BCUT2D eigenvalue weighted by atomic mass is 10.1. The lowest BCUT2D eigenvalue weighted by Gasteiger charge is -2.18. The van der Waals surface area contributed by atoms with E-state index in [4.69, 9.17) is 25.8 Å². The molecule has 0 radical (unpaired) electrons. The Morgan fingerprint density at radius 1 is 1.07 bits per heavy atom. The quantitative estimate of drug-likeness (QED) is 0.674. The predicted octanol–water partition coefficient (Wildman–Crippen LogP) is 3.35. The Hall–Kier alpha value is -3.26. The molecule has 158 valence electrons. The summed E-state index contributed by atoms with van der Waals surface area (Å²) in [4.78, 5) is 38.3. The maximum atomic E-state index is 12.3. The maximum absolute atomic E-state index is 12.3. The van der Waals surface area contributed by atoms with E-state index < -0.39 is 18.5 Å². The van der Waals surface area contributed by atoms with Crippen molar-refractivity contribution in [3.05, 3.63) is 52.5 Å². The van der Waals surface area contributed by atoms with Crippen molar-refractivity contribution in [2.75, 3.05) is 31.8 Å². The highest BCUT2D eigenvalue weighted by molar-refractivity contribution is 6.32. The van der Waals surface area contributed by atoms with Gasteiger partial charge >= 0.3 is 5.97 Å². The molecule has 1 aliphatic rings. The minimum Gasteiger partial charge on any atom is -0.454 e. The zero-order chi connectivity index (χ0) is 21.7. The van der Waals surface area contributed by atoms with E-state index in [1.165, 1.54) is 12.1 Å². The van der Waals surface area contributed by atoms with E-state index in [0.717, 1.165) is 0 Å². The van der Waals surface area contributed by atoms with Crippen molar-refractivity contribution in [2.45, 2.75) is 13.8 Å². The minimum atomic E-state index is -0.717. The number of nitrogens with zero attached hydrogens (tertiary/aromatic N) is 1. The van der Waals surface area contributed by atoms with Crippen LogP contribution in [0.3, 0.4) is 0 Å². The molecule has 0 fully saturated rings. The number of amides is 2. The molecule has 0 aliphatic carbocycles. The topological polar surface area (TPSA) is 94.2 Å². The van der Waals surface area contributed by atoms with Gasteiger partial charge in [-0.1, -0.05) is 11.6 Å². The summed E-state index contributed by atoms with van der Waals surface area (Å²) in [5.41, 5.74) is 1.16. The number of esters is 1. The van der Waals surface area contributed by atoms with Crippen LogP contribution in [0.2, 0.25) is 5.02 Å². The molecule has 2 aromatic carbocycles. The van der Waals surface area contributed by atoms with Gasteiger partial charge in [0.2, 0.25) is 6.79 Å². The maximum Gasteiger partial charge on any atom is 0.338 e. The van der Waals surface area contributed by atoms with E-state index >= 15 is 0 Å². The molecule has 3 rings (SSSR count). The molecule has 0 saturated heterocycles. The number of carbonyl (C=O) groups is 3. The third-order valence-electron chi connectivity index (χ3n) is 4.46. The largest absolute Gasteiger partial charge is 0.454 e. The second kappa shape index (κ2) is 9.49. The van der Waals surface area contributed by atoms with Gasteiger partial charge in [-0.25, -0.2) is 4.79 Å². The molecular formula is C21H21ClN2O6. The second-order valence-electron chi connectivity index (χ2n) is 6.37. The number of benzene rings is 2. The van der Waals surface area contributed by atoms with Crippen molar-refractivity contribution in [3.8, 4) is 11.5 Å². The minimum absolute atomic E-state index is 0.0231. The second-order valence-corrected chi connectivity index (χ2v) is 6.78. The van der Waals surface area contributed by atoms with Crippen LogP contribution in [0, 0.1) is 0 Å². The van der Waals surface area contributed by atoms with Gasteiger partial charge in [-0.3, -0.25) is 9.59 Å². The van der Waals surface area contributed by atoms with Crippen LogP contribution in [-0.2, 0) is 9.53 Å². The monoisotopic (exact) mass is 432 g/mol. The molecule has 8 nitrogen and oxygen atoms in total. The summed E-state index contributed by atoms with van der Waals surface area (Å²) in [6.07, 6.45) is 0. The average molecular weight is 433 g/mol. The highest BCUT2D eigenvalue weighted by Crippen LogP contribution is 2.39. The average Bonchev–Trinajstić information content (AvgIpc) is 3.22. The molecule has 0 unspecified atom stereocenters. The van der Waals surface area contributed by atoms with Crippen molar-refractivity contribution in [2.24, 2.45) is 0 Å². The van der Waals surface area contributed by atoms with E-state index in [1.807, 2.05) is 13.8 Å². The molecule has 0 bridgehead atoms. The standard InChI is InChI=1S/C21H21ClN2O6/c1-3-24(4-2)20(26)13-5-7-15(8-6-13)23-18(25)11-28-21(27)14-9-16(22)19-17(10-14)29-12-30-19/h5-10H,3-4,11-12H2,1-2H3,(H,23,25). The van der Waals surface area contributed by atoms with E-state index in [-0.39, 0.29) is 23.3 Å². The van der Waals surface area contributed by atoms with Gasteiger partial charge in [-0.05, 0) is 50.2 Å². The van der Waals surface area contributed by atoms with Crippen LogP contribution >= 0.6 is 11.6 Å². The lowest BCUT2D eigenvalue weighted by Crippen LogP contribution is -2.30. The summed E-state index contributed by atoms with van der Waals surface area (Å²) in [7, 11) is 0. The Bertz CT molecular complexity index is 957. The lowest BCUT2D eigenvalue weighted by molar-refractivity contribution is -0.119. The molecule has 2 aromatic rings. The van der Waals surface area contributed by atoms with Crippen molar-refractivity contribution in [1.82, 2.24) is 4.90 Å². The molecule has 1 N–H and O–H groups in total. The van der Waals surface area contributed by atoms with Crippen LogP contribution in [-0.4, -0.2) is 49.2 Å². The molecule has 0 spiro atoms. The number of carbonyl (C=O) groups excluding carboxylic acids is 3.